The first-order chi connectivity index (χ1) is 21.2. The van der Waals surface area contributed by atoms with Crippen molar-refractivity contribution in [1.82, 2.24) is 5.32 Å². The number of alkyl halides is 3. The number of nitrogens with one attached hydrogen (secondary N) is 1. The molecule has 4 aromatic rings. The number of aliphatic imine (C=N–C) groups is 1. The maximum absolute atomic E-state index is 14.3. The number of aliphatic hydroxyl groups excluding tert-OH is 1. The summed E-state index contributed by atoms with van der Waals surface area (Å²) < 4.78 is 53.0. The van der Waals surface area contributed by atoms with Crippen molar-refractivity contribution >= 4 is 27.7 Å². The lowest BCUT2D eigenvalue weighted by atomic mass is 9.82. The van der Waals surface area contributed by atoms with Crippen molar-refractivity contribution < 1.29 is 32.5 Å². The van der Waals surface area contributed by atoms with Gasteiger partial charge in [-0.05, 0) is 53.6 Å². The molecule has 0 bridgehead atoms. The number of carbonyl (C=O) groups excluding carboxylic acids is 1. The van der Waals surface area contributed by atoms with Gasteiger partial charge in [0.1, 0.15) is 5.75 Å². The number of benzene rings is 4. The van der Waals surface area contributed by atoms with Gasteiger partial charge in [0.15, 0.2) is 11.6 Å². The van der Waals surface area contributed by atoms with E-state index in [1.54, 1.807) is 24.3 Å². The van der Waals surface area contributed by atoms with E-state index < -0.39 is 29.3 Å². The second-order valence-corrected chi connectivity index (χ2v) is 11.2. The SMILES string of the molecule is O=C(NCc1cccc(C(F)(F)F)c1)[C@]1(Cc2ccccc2)N=C(c2ccc(OCCCO)cc2)O[C@@H]1c1ccccc1Br. The summed E-state index contributed by atoms with van der Waals surface area (Å²) in [6.45, 7) is 0.259. The summed E-state index contributed by atoms with van der Waals surface area (Å²) in [4.78, 5) is 19.3. The summed E-state index contributed by atoms with van der Waals surface area (Å²) in [6.07, 6.45) is -4.70. The van der Waals surface area contributed by atoms with Gasteiger partial charge in [-0.25, -0.2) is 4.99 Å². The van der Waals surface area contributed by atoms with Crippen LogP contribution in [-0.4, -0.2) is 35.7 Å². The first-order valence-electron chi connectivity index (χ1n) is 14.0. The number of aliphatic hydroxyl groups is 1. The van der Waals surface area contributed by atoms with Gasteiger partial charge in [0.2, 0.25) is 5.90 Å². The minimum atomic E-state index is -4.50. The van der Waals surface area contributed by atoms with Crippen molar-refractivity contribution in [2.45, 2.75) is 37.2 Å². The van der Waals surface area contributed by atoms with Crippen molar-refractivity contribution in [3.8, 4) is 5.75 Å². The Morgan fingerprint density at radius 1 is 0.955 bits per heavy atom. The van der Waals surface area contributed by atoms with Crippen LogP contribution in [0.4, 0.5) is 13.2 Å². The van der Waals surface area contributed by atoms with Gasteiger partial charge in [0, 0.05) is 41.6 Å². The molecule has 4 aromatic carbocycles. The van der Waals surface area contributed by atoms with Gasteiger partial charge in [0.25, 0.3) is 5.91 Å². The molecule has 10 heteroatoms. The lowest BCUT2D eigenvalue weighted by Gasteiger charge is -2.31. The average molecular weight is 668 g/mol. The van der Waals surface area contributed by atoms with Crippen LogP contribution in [0.3, 0.4) is 0 Å². The zero-order valence-corrected chi connectivity index (χ0v) is 25.1. The standard InChI is InChI=1S/C34H30BrF3N2O4/c35-29-13-5-4-12-28(29)30-33(21-23-8-2-1-3-9-23,32(42)39-22-24-10-6-11-26(20-24)34(36,37)38)40-31(44-30)25-14-16-27(17-15-25)43-19-7-18-41/h1-6,8-17,20,30,41H,7,18-19,21-22H2,(H,39,42)/t30-,33-/m1/s1. The lowest BCUT2D eigenvalue weighted by Crippen LogP contribution is -2.49. The number of amides is 1. The number of halogens is 4. The third kappa shape index (κ3) is 7.14. The van der Waals surface area contributed by atoms with E-state index >= 15 is 0 Å². The van der Waals surface area contributed by atoms with E-state index in [2.05, 4.69) is 21.2 Å². The average Bonchev–Trinajstić information content (AvgIpc) is 3.41. The Hall–Kier alpha value is -4.15. The molecule has 228 valence electrons. The molecular weight excluding hydrogens is 637 g/mol. The van der Waals surface area contributed by atoms with Crippen LogP contribution in [0.1, 0.15) is 40.3 Å². The molecule has 1 heterocycles. The molecule has 0 aliphatic carbocycles. The molecule has 0 unspecified atom stereocenters. The molecule has 6 nitrogen and oxygen atoms in total. The minimum absolute atomic E-state index is 0.0263. The second-order valence-electron chi connectivity index (χ2n) is 10.4. The number of hydrogen-bond donors (Lipinski definition) is 2. The van der Waals surface area contributed by atoms with Crippen molar-refractivity contribution in [3.63, 3.8) is 0 Å². The normalized spacial score (nSPS) is 17.9. The summed E-state index contributed by atoms with van der Waals surface area (Å²) >= 11 is 3.61. The van der Waals surface area contributed by atoms with Crippen molar-refractivity contribution in [2.75, 3.05) is 13.2 Å². The smallest absolute Gasteiger partial charge is 0.416 e. The number of ether oxygens (including phenoxy) is 2. The highest BCUT2D eigenvalue weighted by molar-refractivity contribution is 9.10. The molecule has 0 saturated carbocycles. The molecule has 0 aromatic heterocycles. The summed E-state index contributed by atoms with van der Waals surface area (Å²) in [5.41, 5.74) is 0.166. The van der Waals surface area contributed by atoms with Gasteiger partial charge >= 0.3 is 6.18 Å². The quantitative estimate of drug-likeness (QED) is 0.168. The highest BCUT2D eigenvalue weighted by atomic mass is 79.9. The molecule has 0 radical (unpaired) electrons. The number of nitrogens with zero attached hydrogens (tertiary/aromatic N) is 1. The van der Waals surface area contributed by atoms with Gasteiger partial charge in [-0.15, -0.1) is 0 Å². The molecular formula is C34H30BrF3N2O4. The molecule has 2 atom stereocenters. The van der Waals surface area contributed by atoms with E-state index in [-0.39, 0.29) is 25.5 Å². The predicted molar refractivity (Wildman–Crippen MR) is 164 cm³/mol. The van der Waals surface area contributed by atoms with Crippen molar-refractivity contribution in [2.24, 2.45) is 4.99 Å². The summed E-state index contributed by atoms with van der Waals surface area (Å²) in [5, 5.41) is 11.9. The van der Waals surface area contributed by atoms with Crippen LogP contribution < -0.4 is 10.1 Å². The maximum Gasteiger partial charge on any atom is 0.416 e. The minimum Gasteiger partial charge on any atom is -0.494 e. The third-order valence-corrected chi connectivity index (χ3v) is 7.96. The van der Waals surface area contributed by atoms with Gasteiger partial charge in [-0.2, -0.15) is 13.2 Å². The Kier molecular flexibility index (Phi) is 9.71. The molecule has 44 heavy (non-hydrogen) atoms. The van der Waals surface area contributed by atoms with E-state index in [4.69, 9.17) is 19.6 Å². The second kappa shape index (κ2) is 13.7. The molecule has 5 rings (SSSR count). The Bertz CT molecular complexity index is 1610. The summed E-state index contributed by atoms with van der Waals surface area (Å²) in [6, 6.07) is 28.8. The van der Waals surface area contributed by atoms with E-state index in [1.807, 2.05) is 54.6 Å². The Morgan fingerprint density at radius 3 is 2.36 bits per heavy atom. The van der Waals surface area contributed by atoms with Crippen LogP contribution in [0.5, 0.6) is 5.75 Å². The van der Waals surface area contributed by atoms with Crippen molar-refractivity contribution in [1.29, 1.82) is 0 Å². The van der Waals surface area contributed by atoms with Gasteiger partial charge in [-0.3, -0.25) is 4.79 Å². The van der Waals surface area contributed by atoms with Crippen LogP contribution in [-0.2, 0) is 28.7 Å². The molecule has 1 amide bonds. The van der Waals surface area contributed by atoms with E-state index in [9.17, 15) is 18.0 Å². The van der Waals surface area contributed by atoms with E-state index in [1.165, 1.54) is 12.1 Å². The third-order valence-electron chi connectivity index (χ3n) is 7.24. The Balaban J connectivity index is 1.54. The van der Waals surface area contributed by atoms with Crippen LogP contribution >= 0.6 is 15.9 Å². The van der Waals surface area contributed by atoms with E-state index in [0.29, 0.717) is 35.5 Å². The summed E-state index contributed by atoms with van der Waals surface area (Å²) in [7, 11) is 0. The molecule has 0 fully saturated rings. The van der Waals surface area contributed by atoms with Crippen LogP contribution in [0.25, 0.3) is 0 Å². The molecule has 1 aliphatic heterocycles. The van der Waals surface area contributed by atoms with Gasteiger partial charge in [-0.1, -0.05) is 76.6 Å². The van der Waals surface area contributed by atoms with Crippen LogP contribution in [0, 0.1) is 0 Å². The van der Waals surface area contributed by atoms with Crippen LogP contribution in [0.15, 0.2) is 113 Å². The fourth-order valence-corrected chi connectivity index (χ4v) is 5.54. The van der Waals surface area contributed by atoms with Crippen LogP contribution in [0.2, 0.25) is 0 Å². The summed E-state index contributed by atoms with van der Waals surface area (Å²) in [5.74, 6) is 0.369. The number of hydrogen-bond acceptors (Lipinski definition) is 5. The zero-order chi connectivity index (χ0) is 31.2. The van der Waals surface area contributed by atoms with Gasteiger partial charge < -0.3 is 19.9 Å². The maximum atomic E-state index is 14.3. The predicted octanol–water partition coefficient (Wildman–Crippen LogP) is 7.05. The Labute approximate surface area is 261 Å². The first kappa shape index (κ1) is 31.3. The molecule has 0 spiro atoms. The highest BCUT2D eigenvalue weighted by Crippen LogP contribution is 2.44. The largest absolute Gasteiger partial charge is 0.494 e. The monoisotopic (exact) mass is 666 g/mol. The number of rotatable bonds is 11. The molecule has 2 N–H and O–H groups in total. The van der Waals surface area contributed by atoms with Crippen molar-refractivity contribution in [3.05, 3.63) is 135 Å². The van der Waals surface area contributed by atoms with E-state index in [0.717, 1.165) is 22.2 Å². The topological polar surface area (TPSA) is 80.2 Å². The lowest BCUT2D eigenvalue weighted by molar-refractivity contribution is -0.137. The fraction of sp³-hybridized carbons (Fsp3) is 0.235. The molecule has 1 aliphatic rings. The number of carbonyl (C=O) groups is 1. The Morgan fingerprint density at radius 2 is 1.66 bits per heavy atom. The molecule has 0 saturated heterocycles. The van der Waals surface area contributed by atoms with Gasteiger partial charge in [0.05, 0.1) is 12.2 Å². The highest BCUT2D eigenvalue weighted by Gasteiger charge is 2.53. The fourth-order valence-electron chi connectivity index (χ4n) is 5.05. The first-order valence-corrected chi connectivity index (χ1v) is 14.8. The zero-order valence-electron chi connectivity index (χ0n) is 23.6.